The molecule has 0 saturated heterocycles. The molecule has 0 spiro atoms. The molecule has 0 heterocycles. The molecule has 0 radical (unpaired) electrons. The van der Waals surface area contributed by atoms with Gasteiger partial charge in [-0.2, -0.15) is 0 Å². The molecule has 0 bridgehead atoms. The molecule has 0 aromatic rings. The van der Waals surface area contributed by atoms with Gasteiger partial charge in [-0.3, -0.25) is 4.79 Å². The summed E-state index contributed by atoms with van der Waals surface area (Å²) in [5.41, 5.74) is -0.157. The van der Waals surface area contributed by atoms with Crippen LogP contribution in [0.3, 0.4) is 0 Å². The van der Waals surface area contributed by atoms with E-state index in [0.717, 1.165) is 19.4 Å². The number of rotatable bonds is 7. The second kappa shape index (κ2) is 6.21. The highest BCUT2D eigenvalue weighted by molar-refractivity contribution is 5.77. The standard InChI is InChI=1S/C12H24N2O2/c1-10(2)13-7-8-14-11(15)9-12(16-3)5-4-6-12/h10,13H,4-9H2,1-3H3,(H,14,15). The number of ether oxygens (including phenoxy) is 1. The third kappa shape index (κ3) is 4.10. The van der Waals surface area contributed by atoms with Gasteiger partial charge in [0, 0.05) is 26.2 Å². The molecule has 0 aromatic carbocycles. The molecule has 0 aromatic heterocycles. The van der Waals surface area contributed by atoms with Gasteiger partial charge in [-0.25, -0.2) is 0 Å². The van der Waals surface area contributed by atoms with Crippen molar-refractivity contribution in [2.75, 3.05) is 20.2 Å². The third-order valence-electron chi connectivity index (χ3n) is 3.18. The summed E-state index contributed by atoms with van der Waals surface area (Å²) in [5.74, 6) is 0.104. The molecule has 1 aliphatic carbocycles. The van der Waals surface area contributed by atoms with Gasteiger partial charge in [0.1, 0.15) is 0 Å². The van der Waals surface area contributed by atoms with E-state index >= 15 is 0 Å². The zero-order valence-electron chi connectivity index (χ0n) is 10.6. The van der Waals surface area contributed by atoms with Crippen LogP contribution in [0, 0.1) is 0 Å². The summed E-state index contributed by atoms with van der Waals surface area (Å²) in [7, 11) is 1.70. The fraction of sp³-hybridized carbons (Fsp3) is 0.917. The maximum Gasteiger partial charge on any atom is 0.222 e. The van der Waals surface area contributed by atoms with Gasteiger partial charge in [0.2, 0.25) is 5.91 Å². The van der Waals surface area contributed by atoms with Crippen LogP contribution in [0.1, 0.15) is 39.5 Å². The monoisotopic (exact) mass is 228 g/mol. The van der Waals surface area contributed by atoms with Crippen LogP contribution < -0.4 is 10.6 Å². The van der Waals surface area contributed by atoms with E-state index in [2.05, 4.69) is 24.5 Å². The van der Waals surface area contributed by atoms with Gasteiger partial charge in [-0.1, -0.05) is 13.8 Å². The van der Waals surface area contributed by atoms with E-state index in [0.29, 0.717) is 19.0 Å². The number of nitrogens with one attached hydrogen (secondary N) is 2. The van der Waals surface area contributed by atoms with E-state index in [4.69, 9.17) is 4.74 Å². The SMILES string of the molecule is COC1(CC(=O)NCCNC(C)C)CCC1. The minimum Gasteiger partial charge on any atom is -0.378 e. The van der Waals surface area contributed by atoms with Crippen LogP contribution in [0.25, 0.3) is 0 Å². The Balaban J connectivity index is 2.11. The van der Waals surface area contributed by atoms with Crippen molar-refractivity contribution in [1.82, 2.24) is 10.6 Å². The van der Waals surface area contributed by atoms with E-state index in [-0.39, 0.29) is 11.5 Å². The number of hydrogen-bond donors (Lipinski definition) is 2. The third-order valence-corrected chi connectivity index (χ3v) is 3.18. The van der Waals surface area contributed by atoms with Gasteiger partial charge in [0.15, 0.2) is 0 Å². The fourth-order valence-corrected chi connectivity index (χ4v) is 1.94. The van der Waals surface area contributed by atoms with Crippen LogP contribution in [0.2, 0.25) is 0 Å². The molecule has 4 nitrogen and oxygen atoms in total. The van der Waals surface area contributed by atoms with Crippen LogP contribution >= 0.6 is 0 Å². The molecular formula is C12H24N2O2. The molecule has 1 amide bonds. The average Bonchev–Trinajstić information content (AvgIpc) is 2.18. The maximum atomic E-state index is 11.6. The molecule has 0 unspecified atom stereocenters. The Labute approximate surface area is 98.1 Å². The van der Waals surface area contributed by atoms with Gasteiger partial charge >= 0.3 is 0 Å². The molecule has 16 heavy (non-hydrogen) atoms. The van der Waals surface area contributed by atoms with Crippen molar-refractivity contribution in [2.24, 2.45) is 0 Å². The minimum atomic E-state index is -0.157. The minimum absolute atomic E-state index is 0.104. The average molecular weight is 228 g/mol. The zero-order valence-corrected chi connectivity index (χ0v) is 10.6. The Bertz CT molecular complexity index is 220. The highest BCUT2D eigenvalue weighted by Crippen LogP contribution is 2.37. The lowest BCUT2D eigenvalue weighted by Gasteiger charge is -2.39. The smallest absolute Gasteiger partial charge is 0.222 e. The van der Waals surface area contributed by atoms with Crippen molar-refractivity contribution in [2.45, 2.75) is 51.2 Å². The van der Waals surface area contributed by atoms with E-state index in [1.165, 1.54) is 6.42 Å². The molecule has 0 atom stereocenters. The number of carbonyl (C=O) groups is 1. The second-order valence-electron chi connectivity index (χ2n) is 4.88. The Morgan fingerprint density at radius 1 is 1.38 bits per heavy atom. The lowest BCUT2D eigenvalue weighted by atomic mass is 9.77. The lowest BCUT2D eigenvalue weighted by molar-refractivity contribution is -0.134. The molecule has 1 rings (SSSR count). The Morgan fingerprint density at radius 3 is 2.50 bits per heavy atom. The maximum absolute atomic E-state index is 11.6. The zero-order chi connectivity index (χ0) is 12.0. The van der Waals surface area contributed by atoms with E-state index < -0.39 is 0 Å². The number of amides is 1. The van der Waals surface area contributed by atoms with Crippen LogP contribution in [0.4, 0.5) is 0 Å². The van der Waals surface area contributed by atoms with Crippen molar-refractivity contribution in [3.63, 3.8) is 0 Å². The Kier molecular flexibility index (Phi) is 5.22. The molecule has 4 heteroatoms. The van der Waals surface area contributed by atoms with E-state index in [9.17, 15) is 4.79 Å². The summed E-state index contributed by atoms with van der Waals surface area (Å²) in [6.45, 7) is 5.70. The first-order valence-corrected chi connectivity index (χ1v) is 6.13. The first kappa shape index (κ1) is 13.5. The number of carbonyl (C=O) groups excluding carboxylic acids is 1. The Hall–Kier alpha value is -0.610. The molecule has 1 saturated carbocycles. The quantitative estimate of drug-likeness (QED) is 0.641. The van der Waals surface area contributed by atoms with Crippen LogP contribution in [-0.4, -0.2) is 37.7 Å². The fourth-order valence-electron chi connectivity index (χ4n) is 1.94. The van der Waals surface area contributed by atoms with Crippen molar-refractivity contribution < 1.29 is 9.53 Å². The lowest BCUT2D eigenvalue weighted by Crippen LogP contribution is -2.45. The van der Waals surface area contributed by atoms with Crippen LogP contribution in [-0.2, 0) is 9.53 Å². The molecule has 1 aliphatic rings. The molecule has 2 N–H and O–H groups in total. The van der Waals surface area contributed by atoms with Crippen molar-refractivity contribution in [1.29, 1.82) is 0 Å². The van der Waals surface area contributed by atoms with Gasteiger partial charge in [-0.05, 0) is 19.3 Å². The first-order valence-electron chi connectivity index (χ1n) is 6.13. The predicted molar refractivity (Wildman–Crippen MR) is 64.4 cm³/mol. The normalized spacial score (nSPS) is 18.2. The van der Waals surface area contributed by atoms with Gasteiger partial charge in [-0.15, -0.1) is 0 Å². The van der Waals surface area contributed by atoms with Gasteiger partial charge in [0.05, 0.1) is 12.0 Å². The van der Waals surface area contributed by atoms with Crippen LogP contribution in [0.5, 0.6) is 0 Å². The summed E-state index contributed by atoms with van der Waals surface area (Å²) in [4.78, 5) is 11.6. The highest BCUT2D eigenvalue weighted by Gasteiger charge is 2.38. The molecular weight excluding hydrogens is 204 g/mol. The number of hydrogen-bond acceptors (Lipinski definition) is 3. The first-order chi connectivity index (χ1) is 7.58. The van der Waals surface area contributed by atoms with Crippen molar-refractivity contribution in [3.05, 3.63) is 0 Å². The molecule has 1 fully saturated rings. The van der Waals surface area contributed by atoms with Gasteiger partial charge in [0.25, 0.3) is 0 Å². The highest BCUT2D eigenvalue weighted by atomic mass is 16.5. The van der Waals surface area contributed by atoms with Crippen molar-refractivity contribution >= 4 is 5.91 Å². The number of methoxy groups -OCH3 is 1. The topological polar surface area (TPSA) is 50.4 Å². The summed E-state index contributed by atoms with van der Waals surface area (Å²) in [5, 5.41) is 6.17. The van der Waals surface area contributed by atoms with Crippen LogP contribution in [0.15, 0.2) is 0 Å². The summed E-state index contributed by atoms with van der Waals surface area (Å²) in [6.07, 6.45) is 3.71. The summed E-state index contributed by atoms with van der Waals surface area (Å²) < 4.78 is 5.41. The largest absolute Gasteiger partial charge is 0.378 e. The predicted octanol–water partition coefficient (Wildman–Crippen LogP) is 1.06. The molecule has 0 aliphatic heterocycles. The van der Waals surface area contributed by atoms with E-state index in [1.807, 2.05) is 0 Å². The van der Waals surface area contributed by atoms with Crippen molar-refractivity contribution in [3.8, 4) is 0 Å². The van der Waals surface area contributed by atoms with Gasteiger partial charge < -0.3 is 15.4 Å². The second-order valence-corrected chi connectivity index (χ2v) is 4.88. The molecule has 94 valence electrons. The summed E-state index contributed by atoms with van der Waals surface area (Å²) in [6, 6.07) is 0.467. The summed E-state index contributed by atoms with van der Waals surface area (Å²) >= 11 is 0. The van der Waals surface area contributed by atoms with E-state index in [1.54, 1.807) is 7.11 Å². The Morgan fingerprint density at radius 2 is 2.06 bits per heavy atom.